The predicted molar refractivity (Wildman–Crippen MR) is 75.9 cm³/mol. The molecule has 1 aromatic rings. The first-order valence-corrected chi connectivity index (χ1v) is 8.43. The van der Waals surface area contributed by atoms with Crippen molar-refractivity contribution in [3.63, 3.8) is 0 Å². The van der Waals surface area contributed by atoms with Crippen molar-refractivity contribution >= 4 is 13.6 Å². The molecule has 8 nitrogen and oxygen atoms in total. The largest absolute Gasteiger partial charge is 0.790 e. The Morgan fingerprint density at radius 1 is 1.22 bits per heavy atom. The number of Topliss-reactive ketones (excluding diaryl/α,β-unsaturated/α-hetero) is 1. The minimum absolute atomic E-state index is 0.0775. The molecule has 130 valence electrons. The molecule has 0 heterocycles. The number of ether oxygens (including phenoxy) is 1. The summed E-state index contributed by atoms with van der Waals surface area (Å²) < 4.78 is 19.4. The Hall–Kier alpha value is -1.12. The van der Waals surface area contributed by atoms with Gasteiger partial charge in [-0.05, 0) is 18.4 Å². The quantitative estimate of drug-likeness (QED) is 0.389. The van der Waals surface area contributed by atoms with Crippen LogP contribution in [-0.4, -0.2) is 41.4 Å². The van der Waals surface area contributed by atoms with Gasteiger partial charge in [0.25, 0.3) is 0 Å². The van der Waals surface area contributed by atoms with E-state index in [0.29, 0.717) is 19.6 Å². The highest BCUT2D eigenvalue weighted by Crippen LogP contribution is 2.24. The van der Waals surface area contributed by atoms with Crippen molar-refractivity contribution < 1.29 is 38.6 Å². The molecular formula is C14H19O8P-2. The van der Waals surface area contributed by atoms with Crippen molar-refractivity contribution in [3.8, 4) is 0 Å². The Kier molecular flexibility index (Phi) is 8.57. The van der Waals surface area contributed by atoms with E-state index in [-0.39, 0.29) is 6.42 Å². The van der Waals surface area contributed by atoms with E-state index in [1.54, 1.807) is 0 Å². The summed E-state index contributed by atoms with van der Waals surface area (Å²) in [4.78, 5) is 31.8. The maximum atomic E-state index is 11.3. The van der Waals surface area contributed by atoms with Crippen molar-refractivity contribution in [2.75, 3.05) is 13.2 Å². The normalized spacial score (nSPS) is 14.4. The van der Waals surface area contributed by atoms with Crippen LogP contribution in [0.25, 0.3) is 0 Å². The van der Waals surface area contributed by atoms with Crippen molar-refractivity contribution in [2.45, 2.75) is 31.7 Å². The summed E-state index contributed by atoms with van der Waals surface area (Å²) in [5, 5.41) is 19.1. The molecule has 0 aliphatic rings. The van der Waals surface area contributed by atoms with E-state index in [9.17, 15) is 29.4 Å². The number of carbonyl (C=O) groups is 1. The molecule has 2 N–H and O–H groups in total. The fourth-order valence-corrected chi connectivity index (χ4v) is 2.04. The van der Waals surface area contributed by atoms with Gasteiger partial charge < -0.3 is 33.8 Å². The number of aliphatic hydroxyl groups is 2. The molecule has 0 aromatic heterocycles. The monoisotopic (exact) mass is 346 g/mol. The number of carbonyl (C=O) groups excluding carboxylic acids is 1. The lowest BCUT2D eigenvalue weighted by atomic mass is 10.1. The van der Waals surface area contributed by atoms with Crippen molar-refractivity contribution in [2.24, 2.45) is 0 Å². The van der Waals surface area contributed by atoms with Gasteiger partial charge in [0.2, 0.25) is 0 Å². The fraction of sp³-hybridized carbons (Fsp3) is 0.500. The molecule has 0 spiro atoms. The fourth-order valence-electron chi connectivity index (χ4n) is 1.76. The van der Waals surface area contributed by atoms with E-state index < -0.39 is 32.4 Å². The van der Waals surface area contributed by atoms with Crippen molar-refractivity contribution in [3.05, 3.63) is 35.9 Å². The lowest BCUT2D eigenvalue weighted by Gasteiger charge is -2.28. The van der Waals surface area contributed by atoms with E-state index in [4.69, 9.17) is 4.74 Å². The van der Waals surface area contributed by atoms with Crippen LogP contribution >= 0.6 is 7.82 Å². The van der Waals surface area contributed by atoms with Crippen LogP contribution in [-0.2, 0) is 25.2 Å². The SMILES string of the molecule is O=C(COP(=O)([O-])[O-])C(O)C(O)CCCOCc1ccccc1. The van der Waals surface area contributed by atoms with E-state index >= 15 is 0 Å². The molecule has 0 bridgehead atoms. The van der Waals surface area contributed by atoms with E-state index in [1.807, 2.05) is 30.3 Å². The summed E-state index contributed by atoms with van der Waals surface area (Å²) in [5.41, 5.74) is 1.00. The molecule has 2 unspecified atom stereocenters. The highest BCUT2D eigenvalue weighted by atomic mass is 31.2. The second-order valence-corrected chi connectivity index (χ2v) is 6.03. The average Bonchev–Trinajstić information content (AvgIpc) is 2.51. The summed E-state index contributed by atoms with van der Waals surface area (Å²) in [6.45, 7) is -0.360. The van der Waals surface area contributed by atoms with Crippen molar-refractivity contribution in [1.29, 1.82) is 0 Å². The molecule has 2 atom stereocenters. The summed E-state index contributed by atoms with van der Waals surface area (Å²) in [5.74, 6) is -1.07. The summed E-state index contributed by atoms with van der Waals surface area (Å²) >= 11 is 0. The maximum absolute atomic E-state index is 11.3. The van der Waals surface area contributed by atoms with Crippen molar-refractivity contribution in [1.82, 2.24) is 0 Å². The summed E-state index contributed by atoms with van der Waals surface area (Å²) in [6.07, 6.45) is -2.73. The Bertz CT molecular complexity index is 515. The number of hydrogen-bond donors (Lipinski definition) is 2. The molecular weight excluding hydrogens is 327 g/mol. The zero-order valence-electron chi connectivity index (χ0n) is 12.4. The summed E-state index contributed by atoms with van der Waals surface area (Å²) in [7, 11) is -5.28. The number of aliphatic hydroxyl groups excluding tert-OH is 2. The van der Waals surface area contributed by atoms with E-state index in [0.717, 1.165) is 5.56 Å². The highest BCUT2D eigenvalue weighted by Gasteiger charge is 2.24. The maximum Gasteiger partial charge on any atom is 0.189 e. The number of ketones is 1. The Morgan fingerprint density at radius 2 is 1.87 bits per heavy atom. The van der Waals surface area contributed by atoms with Crippen LogP contribution in [0.2, 0.25) is 0 Å². The molecule has 0 fully saturated rings. The first kappa shape index (κ1) is 19.9. The second kappa shape index (κ2) is 9.89. The van der Waals surface area contributed by atoms with Gasteiger partial charge in [-0.2, -0.15) is 0 Å². The molecule has 0 saturated heterocycles. The van der Waals surface area contributed by atoms with Gasteiger partial charge in [-0.25, -0.2) is 0 Å². The van der Waals surface area contributed by atoms with Crippen LogP contribution in [0, 0.1) is 0 Å². The van der Waals surface area contributed by atoms with Gasteiger partial charge in [0.15, 0.2) is 5.78 Å². The standard InChI is InChI=1S/C14H21O8P/c15-12(14(17)13(16)10-22-23(18,19)20)7-4-8-21-9-11-5-2-1-3-6-11/h1-3,5-6,12,14-15,17H,4,7-10H2,(H2,18,19,20)/p-2. The lowest BCUT2D eigenvalue weighted by Crippen LogP contribution is -2.37. The lowest BCUT2D eigenvalue weighted by molar-refractivity contribution is -0.341. The molecule has 9 heteroatoms. The zero-order valence-corrected chi connectivity index (χ0v) is 13.3. The molecule has 0 aliphatic heterocycles. The third-order valence-corrected chi connectivity index (χ3v) is 3.40. The van der Waals surface area contributed by atoms with Crippen LogP contribution in [0.4, 0.5) is 0 Å². The zero-order chi connectivity index (χ0) is 17.3. The van der Waals surface area contributed by atoms with Crippen LogP contribution in [0.1, 0.15) is 18.4 Å². The van der Waals surface area contributed by atoms with E-state index in [2.05, 4.69) is 4.52 Å². The van der Waals surface area contributed by atoms with Gasteiger partial charge in [0.05, 0.1) is 20.5 Å². The minimum atomic E-state index is -5.28. The molecule has 23 heavy (non-hydrogen) atoms. The van der Waals surface area contributed by atoms with Gasteiger partial charge in [0, 0.05) is 6.61 Å². The van der Waals surface area contributed by atoms with Crippen LogP contribution in [0.15, 0.2) is 30.3 Å². The number of phosphoric ester groups is 1. The second-order valence-electron chi connectivity index (χ2n) is 4.88. The van der Waals surface area contributed by atoms with Crippen LogP contribution in [0.5, 0.6) is 0 Å². The number of rotatable bonds is 11. The molecule has 0 amide bonds. The number of hydrogen-bond acceptors (Lipinski definition) is 8. The van der Waals surface area contributed by atoms with E-state index in [1.165, 1.54) is 0 Å². The Labute approximate surface area is 133 Å². The molecule has 0 radical (unpaired) electrons. The van der Waals surface area contributed by atoms with Crippen LogP contribution in [0.3, 0.4) is 0 Å². The first-order valence-electron chi connectivity index (χ1n) is 6.96. The third kappa shape index (κ3) is 8.92. The predicted octanol–water partition coefficient (Wildman–Crippen LogP) is -0.880. The Morgan fingerprint density at radius 3 is 2.48 bits per heavy atom. The van der Waals surface area contributed by atoms with Gasteiger partial charge in [-0.1, -0.05) is 30.3 Å². The smallest absolute Gasteiger partial charge is 0.189 e. The molecule has 1 rings (SSSR count). The highest BCUT2D eigenvalue weighted by molar-refractivity contribution is 7.43. The summed E-state index contributed by atoms with van der Waals surface area (Å²) in [6, 6.07) is 9.47. The minimum Gasteiger partial charge on any atom is -0.790 e. The molecule has 0 saturated carbocycles. The molecule has 1 aromatic carbocycles. The third-order valence-electron chi connectivity index (χ3n) is 2.96. The number of phosphoric acid groups is 1. The average molecular weight is 346 g/mol. The number of benzene rings is 1. The first-order chi connectivity index (χ1) is 10.8. The Balaban J connectivity index is 2.18. The van der Waals surface area contributed by atoms with Crippen LogP contribution < -0.4 is 9.79 Å². The van der Waals surface area contributed by atoms with Gasteiger partial charge in [-0.15, -0.1) is 0 Å². The van der Waals surface area contributed by atoms with Gasteiger partial charge in [-0.3, -0.25) is 4.79 Å². The molecule has 0 aliphatic carbocycles. The topological polar surface area (TPSA) is 139 Å². The van der Waals surface area contributed by atoms with Gasteiger partial charge in [0.1, 0.15) is 12.7 Å². The van der Waals surface area contributed by atoms with Gasteiger partial charge >= 0.3 is 0 Å².